The van der Waals surface area contributed by atoms with Crippen molar-refractivity contribution < 1.29 is 13.9 Å². The van der Waals surface area contributed by atoms with Gasteiger partial charge in [0.05, 0.1) is 0 Å². The molecule has 3 nitrogen and oxygen atoms in total. The van der Waals surface area contributed by atoms with Gasteiger partial charge in [0.2, 0.25) is 5.91 Å². The van der Waals surface area contributed by atoms with Gasteiger partial charge in [-0.1, -0.05) is 24.3 Å². The van der Waals surface area contributed by atoms with Crippen LogP contribution < -0.4 is 10.5 Å². The van der Waals surface area contributed by atoms with Gasteiger partial charge in [0.25, 0.3) is 0 Å². The summed E-state index contributed by atoms with van der Waals surface area (Å²) in [4.78, 5) is 10.6. The van der Waals surface area contributed by atoms with Crippen LogP contribution in [-0.2, 0) is 4.79 Å². The van der Waals surface area contributed by atoms with E-state index in [1.54, 1.807) is 24.3 Å². The maximum absolute atomic E-state index is 13.6. The number of hydrogen-bond donors (Lipinski definition) is 1. The van der Waals surface area contributed by atoms with Crippen molar-refractivity contribution in [1.82, 2.24) is 0 Å². The minimum absolute atomic E-state index is 0.0952. The van der Waals surface area contributed by atoms with Crippen LogP contribution in [0, 0.1) is 5.82 Å². The molecule has 0 bridgehead atoms. The number of nitrogens with two attached hydrogens (primary N) is 1. The van der Waals surface area contributed by atoms with Gasteiger partial charge in [0.15, 0.2) is 11.6 Å². The molecule has 0 aliphatic heterocycles. The van der Waals surface area contributed by atoms with Crippen molar-refractivity contribution in [2.24, 2.45) is 5.73 Å². The van der Waals surface area contributed by atoms with Crippen molar-refractivity contribution in [3.8, 4) is 11.5 Å². The molecule has 0 radical (unpaired) electrons. The topological polar surface area (TPSA) is 52.3 Å². The van der Waals surface area contributed by atoms with Crippen LogP contribution in [0.4, 0.5) is 4.39 Å². The minimum atomic E-state index is -0.560. The van der Waals surface area contributed by atoms with Crippen LogP contribution in [-0.4, -0.2) is 5.91 Å². The van der Waals surface area contributed by atoms with E-state index in [9.17, 15) is 9.18 Å². The maximum Gasteiger partial charge on any atom is 0.241 e. The molecule has 2 aromatic carbocycles. The van der Waals surface area contributed by atoms with E-state index in [2.05, 4.69) is 0 Å². The molecule has 0 fully saturated rings. The minimum Gasteiger partial charge on any atom is -0.454 e. The van der Waals surface area contributed by atoms with E-state index in [1.165, 1.54) is 30.4 Å². The van der Waals surface area contributed by atoms with Crippen LogP contribution in [0.1, 0.15) is 5.56 Å². The highest BCUT2D eigenvalue weighted by molar-refractivity contribution is 5.90. The van der Waals surface area contributed by atoms with Crippen LogP contribution >= 0.6 is 0 Å². The standard InChI is InChI=1S/C15H12FNO2/c16-13-8-6-11(7-9-15(17)18)10-14(13)19-12-4-2-1-3-5-12/h1-10H,(H2,17,18)/b9-7+. The van der Waals surface area contributed by atoms with E-state index in [-0.39, 0.29) is 5.75 Å². The number of primary amides is 1. The van der Waals surface area contributed by atoms with Crippen molar-refractivity contribution in [2.45, 2.75) is 0 Å². The highest BCUT2D eigenvalue weighted by atomic mass is 19.1. The highest BCUT2D eigenvalue weighted by Crippen LogP contribution is 2.25. The smallest absolute Gasteiger partial charge is 0.241 e. The molecule has 0 aliphatic rings. The lowest BCUT2D eigenvalue weighted by Gasteiger charge is -2.07. The van der Waals surface area contributed by atoms with Gasteiger partial charge < -0.3 is 10.5 Å². The number of rotatable bonds is 4. The number of carbonyl (C=O) groups excluding carboxylic acids is 1. The lowest BCUT2D eigenvalue weighted by atomic mass is 10.2. The Balaban J connectivity index is 2.25. The van der Waals surface area contributed by atoms with Crippen LogP contribution in [0.5, 0.6) is 11.5 Å². The third-order valence-corrected chi connectivity index (χ3v) is 2.37. The van der Waals surface area contributed by atoms with Crippen molar-refractivity contribution in [1.29, 1.82) is 0 Å². The fraction of sp³-hybridized carbons (Fsp3) is 0. The van der Waals surface area contributed by atoms with Gasteiger partial charge in [-0.2, -0.15) is 0 Å². The molecule has 4 heteroatoms. The summed E-state index contributed by atoms with van der Waals surface area (Å²) < 4.78 is 19.0. The summed E-state index contributed by atoms with van der Waals surface area (Å²) in [6.07, 6.45) is 2.71. The Hall–Kier alpha value is -2.62. The SMILES string of the molecule is NC(=O)/C=C/c1ccc(F)c(Oc2ccccc2)c1. The van der Waals surface area contributed by atoms with Crippen molar-refractivity contribution in [3.05, 3.63) is 66.0 Å². The number of halogens is 1. The summed E-state index contributed by atoms with van der Waals surface area (Å²) in [6.45, 7) is 0. The van der Waals surface area contributed by atoms with E-state index >= 15 is 0 Å². The Labute approximate surface area is 110 Å². The van der Waals surface area contributed by atoms with E-state index in [4.69, 9.17) is 10.5 Å². The number of benzene rings is 2. The largest absolute Gasteiger partial charge is 0.454 e. The predicted octanol–water partition coefficient (Wildman–Crippen LogP) is 3.12. The second-order valence-electron chi connectivity index (χ2n) is 3.84. The Morgan fingerprint density at radius 2 is 1.89 bits per heavy atom. The first-order chi connectivity index (χ1) is 9.15. The average molecular weight is 257 g/mol. The number of para-hydroxylation sites is 1. The zero-order valence-electron chi connectivity index (χ0n) is 10.0. The maximum atomic E-state index is 13.6. The Morgan fingerprint density at radius 3 is 2.58 bits per heavy atom. The lowest BCUT2D eigenvalue weighted by molar-refractivity contribution is -0.113. The fourth-order valence-corrected chi connectivity index (χ4v) is 1.50. The Kier molecular flexibility index (Phi) is 3.93. The molecule has 0 heterocycles. The molecule has 0 atom stereocenters. The Morgan fingerprint density at radius 1 is 1.16 bits per heavy atom. The number of amides is 1. The molecule has 0 saturated heterocycles. The summed E-state index contributed by atoms with van der Waals surface area (Å²) in [5, 5.41) is 0. The molecule has 96 valence electrons. The van der Waals surface area contributed by atoms with E-state index in [1.807, 2.05) is 6.07 Å². The first-order valence-corrected chi connectivity index (χ1v) is 5.65. The van der Waals surface area contributed by atoms with Gasteiger partial charge in [0, 0.05) is 6.08 Å². The van der Waals surface area contributed by atoms with Gasteiger partial charge in [-0.05, 0) is 35.9 Å². The molecule has 0 aromatic heterocycles. The average Bonchev–Trinajstić information content (AvgIpc) is 2.41. The monoisotopic (exact) mass is 257 g/mol. The predicted molar refractivity (Wildman–Crippen MR) is 71.1 cm³/mol. The molecular weight excluding hydrogens is 245 g/mol. The molecule has 19 heavy (non-hydrogen) atoms. The molecule has 2 rings (SSSR count). The quantitative estimate of drug-likeness (QED) is 0.855. The third-order valence-electron chi connectivity index (χ3n) is 2.37. The lowest BCUT2D eigenvalue weighted by Crippen LogP contribution is -2.05. The molecule has 2 N–H and O–H groups in total. The van der Waals surface area contributed by atoms with Crippen LogP contribution in [0.25, 0.3) is 6.08 Å². The van der Waals surface area contributed by atoms with Gasteiger partial charge in [-0.15, -0.1) is 0 Å². The number of ether oxygens (including phenoxy) is 1. The van der Waals surface area contributed by atoms with E-state index in [0.29, 0.717) is 11.3 Å². The molecule has 0 unspecified atom stereocenters. The van der Waals surface area contributed by atoms with Crippen molar-refractivity contribution in [2.75, 3.05) is 0 Å². The van der Waals surface area contributed by atoms with Gasteiger partial charge in [-0.25, -0.2) is 4.39 Å². The summed E-state index contributed by atoms with van der Waals surface area (Å²) in [6, 6.07) is 13.2. The molecule has 0 saturated carbocycles. The highest BCUT2D eigenvalue weighted by Gasteiger charge is 2.05. The summed E-state index contributed by atoms with van der Waals surface area (Å²) in [5.41, 5.74) is 5.63. The first kappa shape index (κ1) is 12.8. The van der Waals surface area contributed by atoms with Gasteiger partial charge in [0.1, 0.15) is 5.75 Å². The van der Waals surface area contributed by atoms with E-state index < -0.39 is 11.7 Å². The summed E-state index contributed by atoms with van der Waals surface area (Å²) in [5.74, 6) is -0.398. The first-order valence-electron chi connectivity index (χ1n) is 5.65. The Bertz CT molecular complexity index is 609. The van der Waals surface area contributed by atoms with Gasteiger partial charge >= 0.3 is 0 Å². The van der Waals surface area contributed by atoms with Crippen LogP contribution in [0.2, 0.25) is 0 Å². The third kappa shape index (κ3) is 3.67. The van der Waals surface area contributed by atoms with Crippen molar-refractivity contribution in [3.63, 3.8) is 0 Å². The van der Waals surface area contributed by atoms with Crippen molar-refractivity contribution >= 4 is 12.0 Å². The summed E-state index contributed by atoms with van der Waals surface area (Å²) in [7, 11) is 0. The molecule has 0 aliphatic carbocycles. The molecule has 1 amide bonds. The molecule has 2 aromatic rings. The number of hydrogen-bond acceptors (Lipinski definition) is 2. The zero-order valence-corrected chi connectivity index (χ0v) is 10.0. The number of carbonyl (C=O) groups is 1. The molecule has 0 spiro atoms. The zero-order chi connectivity index (χ0) is 13.7. The normalized spacial score (nSPS) is 10.6. The van der Waals surface area contributed by atoms with Crippen LogP contribution in [0.3, 0.4) is 0 Å². The molecular formula is C15H12FNO2. The second kappa shape index (κ2) is 5.82. The second-order valence-corrected chi connectivity index (χ2v) is 3.84. The summed E-state index contributed by atoms with van der Waals surface area (Å²) >= 11 is 0. The van der Waals surface area contributed by atoms with Gasteiger partial charge in [-0.3, -0.25) is 4.79 Å². The van der Waals surface area contributed by atoms with Crippen LogP contribution in [0.15, 0.2) is 54.6 Å². The van der Waals surface area contributed by atoms with E-state index in [0.717, 1.165) is 0 Å². The fourth-order valence-electron chi connectivity index (χ4n) is 1.50.